The number of fused-ring (bicyclic) bond motifs is 1. The van der Waals surface area contributed by atoms with Gasteiger partial charge in [-0.05, 0) is 26.0 Å². The first-order valence-electron chi connectivity index (χ1n) is 9.06. The minimum Gasteiger partial charge on any atom is -0.339 e. The molecule has 4 aromatic heterocycles. The number of hydrogen-bond donors (Lipinski definition) is 3. The molecule has 4 aromatic rings. The summed E-state index contributed by atoms with van der Waals surface area (Å²) in [4.78, 5) is 29.0. The first kappa shape index (κ1) is 17.8. The Morgan fingerprint density at radius 1 is 1.07 bits per heavy atom. The molecule has 142 valence electrons. The van der Waals surface area contributed by atoms with Crippen LogP contribution in [-0.2, 0) is 0 Å². The van der Waals surface area contributed by atoms with Crippen molar-refractivity contribution >= 4 is 22.6 Å². The molecule has 0 aliphatic carbocycles. The summed E-state index contributed by atoms with van der Waals surface area (Å²) in [6.45, 7) is 7.84. The molecule has 28 heavy (non-hydrogen) atoms. The Morgan fingerprint density at radius 3 is 2.46 bits per heavy atom. The third kappa shape index (κ3) is 3.24. The van der Waals surface area contributed by atoms with Gasteiger partial charge in [-0.1, -0.05) is 13.8 Å². The normalized spacial score (nSPS) is 11.3. The first-order chi connectivity index (χ1) is 13.4. The van der Waals surface area contributed by atoms with Crippen molar-refractivity contribution in [3.63, 3.8) is 0 Å². The highest BCUT2D eigenvalue weighted by Gasteiger charge is 2.15. The fraction of sp³-hybridized carbons (Fsp3) is 0.250. The standard InChI is InChI=1S/C20H21N7O/c1-10(2)18-21-7-14(8-22-18)16-6-13-5-15(9-23-19(13)25-16)24-20(28)17-11(3)12(4)26-27-17/h5-10H,1-4H3,(H,23,25)(H,24,28)(H,26,27). The van der Waals surface area contributed by atoms with E-state index in [1.54, 1.807) is 18.6 Å². The molecule has 3 N–H and O–H groups in total. The molecule has 4 rings (SSSR count). The molecule has 8 heteroatoms. The van der Waals surface area contributed by atoms with E-state index >= 15 is 0 Å². The number of hydrogen-bond acceptors (Lipinski definition) is 5. The van der Waals surface area contributed by atoms with Crippen LogP contribution in [0.4, 0.5) is 5.69 Å². The number of pyridine rings is 1. The Labute approximate surface area is 161 Å². The van der Waals surface area contributed by atoms with Crippen molar-refractivity contribution in [1.29, 1.82) is 0 Å². The largest absolute Gasteiger partial charge is 0.339 e. The highest BCUT2D eigenvalue weighted by atomic mass is 16.1. The Hall–Kier alpha value is -3.55. The van der Waals surface area contributed by atoms with Crippen LogP contribution in [-0.4, -0.2) is 36.0 Å². The predicted molar refractivity (Wildman–Crippen MR) is 107 cm³/mol. The quantitative estimate of drug-likeness (QED) is 0.503. The number of anilines is 1. The average molecular weight is 375 g/mol. The van der Waals surface area contributed by atoms with Gasteiger partial charge in [0.2, 0.25) is 0 Å². The second-order valence-corrected chi connectivity index (χ2v) is 7.09. The molecule has 0 spiro atoms. The van der Waals surface area contributed by atoms with E-state index in [0.29, 0.717) is 11.4 Å². The molecule has 0 aliphatic heterocycles. The van der Waals surface area contributed by atoms with Gasteiger partial charge < -0.3 is 10.3 Å². The molecular weight excluding hydrogens is 354 g/mol. The van der Waals surface area contributed by atoms with Crippen molar-refractivity contribution in [2.75, 3.05) is 5.32 Å². The summed E-state index contributed by atoms with van der Waals surface area (Å²) in [5, 5.41) is 10.6. The number of carbonyl (C=O) groups excluding carboxylic acids is 1. The zero-order valence-electron chi connectivity index (χ0n) is 16.2. The summed E-state index contributed by atoms with van der Waals surface area (Å²) in [7, 11) is 0. The lowest BCUT2D eigenvalue weighted by atomic mass is 10.2. The minimum absolute atomic E-state index is 0.243. The summed E-state index contributed by atoms with van der Waals surface area (Å²) in [5.74, 6) is 0.854. The van der Waals surface area contributed by atoms with Gasteiger partial charge in [-0.15, -0.1) is 0 Å². The molecule has 8 nitrogen and oxygen atoms in total. The zero-order valence-corrected chi connectivity index (χ0v) is 16.2. The third-order valence-corrected chi connectivity index (χ3v) is 4.71. The number of aryl methyl sites for hydroxylation is 1. The van der Waals surface area contributed by atoms with Crippen LogP contribution in [0.1, 0.15) is 47.3 Å². The average Bonchev–Trinajstić information content (AvgIpc) is 3.25. The lowest BCUT2D eigenvalue weighted by Gasteiger charge is -2.04. The lowest BCUT2D eigenvalue weighted by Crippen LogP contribution is -2.13. The van der Waals surface area contributed by atoms with Crippen molar-refractivity contribution < 1.29 is 4.79 Å². The predicted octanol–water partition coefficient (Wildman–Crippen LogP) is 3.74. The van der Waals surface area contributed by atoms with E-state index in [1.807, 2.05) is 26.0 Å². The maximum atomic E-state index is 12.5. The van der Waals surface area contributed by atoms with E-state index in [4.69, 9.17) is 0 Å². The molecule has 0 aromatic carbocycles. The number of aromatic nitrogens is 6. The van der Waals surface area contributed by atoms with Crippen molar-refractivity contribution in [2.45, 2.75) is 33.6 Å². The molecule has 0 bridgehead atoms. The van der Waals surface area contributed by atoms with E-state index in [9.17, 15) is 4.79 Å². The minimum atomic E-state index is -0.243. The van der Waals surface area contributed by atoms with Gasteiger partial charge in [0, 0.05) is 34.8 Å². The zero-order chi connectivity index (χ0) is 19.8. The Balaban J connectivity index is 1.59. The van der Waals surface area contributed by atoms with Crippen LogP contribution in [0, 0.1) is 13.8 Å². The molecule has 0 aliphatic rings. The third-order valence-electron chi connectivity index (χ3n) is 4.71. The van der Waals surface area contributed by atoms with Gasteiger partial charge in [0.15, 0.2) is 0 Å². The van der Waals surface area contributed by atoms with Crippen LogP contribution in [0.2, 0.25) is 0 Å². The number of amides is 1. The number of nitrogens with zero attached hydrogens (tertiary/aromatic N) is 4. The van der Waals surface area contributed by atoms with Crippen LogP contribution in [0.3, 0.4) is 0 Å². The molecular formula is C20H21N7O. The number of aromatic amines is 2. The van der Waals surface area contributed by atoms with Gasteiger partial charge >= 0.3 is 0 Å². The van der Waals surface area contributed by atoms with Gasteiger partial charge in [-0.25, -0.2) is 15.0 Å². The maximum Gasteiger partial charge on any atom is 0.273 e. The van der Waals surface area contributed by atoms with E-state index in [0.717, 1.165) is 39.4 Å². The molecule has 0 atom stereocenters. The summed E-state index contributed by atoms with van der Waals surface area (Å²) < 4.78 is 0. The number of rotatable bonds is 4. The van der Waals surface area contributed by atoms with Gasteiger partial charge in [0.1, 0.15) is 17.2 Å². The molecule has 0 saturated heterocycles. The van der Waals surface area contributed by atoms with Crippen LogP contribution in [0.25, 0.3) is 22.3 Å². The molecule has 1 amide bonds. The van der Waals surface area contributed by atoms with Gasteiger partial charge in [0.05, 0.1) is 23.3 Å². The molecule has 0 radical (unpaired) electrons. The van der Waals surface area contributed by atoms with Crippen LogP contribution < -0.4 is 5.32 Å². The molecule has 0 unspecified atom stereocenters. The summed E-state index contributed by atoms with van der Waals surface area (Å²) in [6.07, 6.45) is 5.23. The van der Waals surface area contributed by atoms with Gasteiger partial charge in [-0.2, -0.15) is 5.10 Å². The smallest absolute Gasteiger partial charge is 0.273 e. The topological polar surface area (TPSA) is 112 Å². The fourth-order valence-corrected chi connectivity index (χ4v) is 2.92. The van der Waals surface area contributed by atoms with E-state index in [2.05, 4.69) is 49.3 Å². The van der Waals surface area contributed by atoms with Crippen LogP contribution in [0.5, 0.6) is 0 Å². The summed E-state index contributed by atoms with van der Waals surface area (Å²) in [5.41, 5.74) is 5.20. The molecule has 0 saturated carbocycles. The maximum absolute atomic E-state index is 12.5. The van der Waals surface area contributed by atoms with Crippen molar-refractivity contribution in [1.82, 2.24) is 30.1 Å². The fourth-order valence-electron chi connectivity index (χ4n) is 2.92. The first-order valence-corrected chi connectivity index (χ1v) is 9.06. The van der Waals surface area contributed by atoms with E-state index in [1.165, 1.54) is 0 Å². The lowest BCUT2D eigenvalue weighted by molar-refractivity contribution is 0.102. The monoisotopic (exact) mass is 375 g/mol. The van der Waals surface area contributed by atoms with Crippen LogP contribution >= 0.6 is 0 Å². The number of nitrogens with one attached hydrogen (secondary N) is 3. The molecule has 4 heterocycles. The van der Waals surface area contributed by atoms with E-state index in [-0.39, 0.29) is 11.8 Å². The van der Waals surface area contributed by atoms with Crippen molar-refractivity contribution in [2.24, 2.45) is 0 Å². The highest BCUT2D eigenvalue weighted by molar-refractivity contribution is 6.04. The number of H-pyrrole nitrogens is 2. The SMILES string of the molecule is Cc1n[nH]c(C(=O)Nc2cnc3[nH]c(-c4cnc(C(C)C)nc4)cc3c2)c1C. The summed E-state index contributed by atoms with van der Waals surface area (Å²) in [6, 6.07) is 3.85. The van der Waals surface area contributed by atoms with E-state index < -0.39 is 0 Å². The van der Waals surface area contributed by atoms with Crippen LogP contribution in [0.15, 0.2) is 30.7 Å². The number of carbonyl (C=O) groups is 1. The highest BCUT2D eigenvalue weighted by Crippen LogP contribution is 2.25. The van der Waals surface area contributed by atoms with Crippen molar-refractivity contribution in [3.05, 3.63) is 53.5 Å². The van der Waals surface area contributed by atoms with Gasteiger partial charge in [-0.3, -0.25) is 9.89 Å². The molecule has 0 fully saturated rings. The summed E-state index contributed by atoms with van der Waals surface area (Å²) >= 11 is 0. The van der Waals surface area contributed by atoms with Crippen molar-refractivity contribution in [3.8, 4) is 11.3 Å². The second kappa shape index (κ2) is 6.88. The second-order valence-electron chi connectivity index (χ2n) is 7.09. The van der Waals surface area contributed by atoms with Gasteiger partial charge in [0.25, 0.3) is 5.91 Å². The Bertz CT molecular complexity index is 1160. The Morgan fingerprint density at radius 2 is 1.82 bits per heavy atom. The Kier molecular flexibility index (Phi) is 4.38.